The van der Waals surface area contributed by atoms with Crippen molar-refractivity contribution in [1.29, 1.82) is 0 Å². The highest BCUT2D eigenvalue weighted by Gasteiger charge is 2.40. The van der Waals surface area contributed by atoms with Gasteiger partial charge in [0.1, 0.15) is 16.1 Å². The van der Waals surface area contributed by atoms with Gasteiger partial charge in [0.05, 0.1) is 10.9 Å². The molecule has 1 aromatic carbocycles. The maximum Gasteiger partial charge on any atom is 0.267 e. The highest BCUT2D eigenvalue weighted by molar-refractivity contribution is 9.10. The van der Waals surface area contributed by atoms with Gasteiger partial charge in [0.2, 0.25) is 0 Å². The number of aryl methyl sites for hydroxylation is 1. The summed E-state index contributed by atoms with van der Waals surface area (Å²) in [5, 5.41) is 3.99. The topological polar surface area (TPSA) is 59.8 Å². The molecule has 1 fully saturated rings. The molecule has 0 radical (unpaired) electrons. The second-order valence-corrected chi connectivity index (χ2v) is 8.58. The first kappa shape index (κ1) is 19.9. The molecule has 1 saturated carbocycles. The Morgan fingerprint density at radius 1 is 1.28 bits per heavy atom. The Morgan fingerprint density at radius 2 is 2.00 bits per heavy atom. The average Bonchev–Trinajstić information content (AvgIpc) is 3.42. The molecule has 0 aliphatic heterocycles. The molecule has 2 heterocycles. The molecule has 0 atom stereocenters. The Balaban J connectivity index is 1.77. The first-order valence-electron chi connectivity index (χ1n) is 9.41. The number of hydrogen-bond acceptors (Lipinski definition) is 4. The third-order valence-corrected chi connectivity index (χ3v) is 6.37. The van der Waals surface area contributed by atoms with Crippen LogP contribution < -0.4 is 10.9 Å². The number of hydrogen-bond donors (Lipinski definition) is 1. The smallest absolute Gasteiger partial charge is 0.267 e. The minimum Gasteiger partial charge on any atom is -0.365 e. The van der Waals surface area contributed by atoms with E-state index >= 15 is 0 Å². The van der Waals surface area contributed by atoms with Crippen LogP contribution in [0.25, 0.3) is 10.9 Å². The maximum atomic E-state index is 13.2. The molecule has 0 amide bonds. The number of benzene rings is 1. The van der Waals surface area contributed by atoms with Crippen molar-refractivity contribution in [1.82, 2.24) is 14.5 Å². The minimum atomic E-state index is -2.51. The number of anilines is 1. The molecule has 1 aliphatic carbocycles. The standard InChI is InChI=1S/C21H21BrF2N4O/c1-11-13(5-4-6-14(11)18(23)24)9-25-19-15-10-28(21(3)7-8-21)20(29)16(22)17(15)26-12(2)27-19/h4-6,10,18H,7-9H2,1-3H3,(H,25,26,27). The lowest BCUT2D eigenvalue weighted by Gasteiger charge is -2.17. The molecule has 3 aromatic rings. The number of nitrogens with zero attached hydrogens (tertiary/aromatic N) is 3. The number of fused-ring (bicyclic) bond motifs is 1. The second kappa shape index (κ2) is 7.16. The van der Waals surface area contributed by atoms with E-state index in [1.54, 1.807) is 30.7 Å². The summed E-state index contributed by atoms with van der Waals surface area (Å²) in [6.45, 7) is 5.84. The molecule has 0 bridgehead atoms. The molecule has 4 rings (SSSR count). The van der Waals surface area contributed by atoms with Crippen LogP contribution in [0.1, 0.15) is 48.7 Å². The summed E-state index contributed by atoms with van der Waals surface area (Å²) in [5.41, 5.74) is 1.62. The number of rotatable bonds is 5. The Labute approximate surface area is 175 Å². The van der Waals surface area contributed by atoms with Gasteiger partial charge >= 0.3 is 0 Å². The summed E-state index contributed by atoms with van der Waals surface area (Å²) in [7, 11) is 0. The van der Waals surface area contributed by atoms with Crippen molar-refractivity contribution in [2.45, 2.75) is 52.1 Å². The van der Waals surface area contributed by atoms with E-state index in [4.69, 9.17) is 0 Å². The Bertz CT molecular complexity index is 1170. The quantitative estimate of drug-likeness (QED) is 0.563. The summed E-state index contributed by atoms with van der Waals surface area (Å²) < 4.78 is 28.5. The van der Waals surface area contributed by atoms with E-state index in [0.29, 0.717) is 33.7 Å². The molecule has 1 aliphatic rings. The van der Waals surface area contributed by atoms with Crippen LogP contribution in [0.3, 0.4) is 0 Å². The van der Waals surface area contributed by atoms with Crippen LogP contribution in [0.4, 0.5) is 14.6 Å². The van der Waals surface area contributed by atoms with Crippen LogP contribution in [0.15, 0.2) is 33.7 Å². The average molecular weight is 463 g/mol. The van der Waals surface area contributed by atoms with E-state index in [1.807, 2.05) is 13.0 Å². The molecule has 29 heavy (non-hydrogen) atoms. The van der Waals surface area contributed by atoms with Gasteiger partial charge in [-0.1, -0.05) is 18.2 Å². The number of aromatic nitrogens is 3. The fourth-order valence-corrected chi connectivity index (χ4v) is 4.03. The van der Waals surface area contributed by atoms with Crippen LogP contribution in [-0.4, -0.2) is 14.5 Å². The number of pyridine rings is 1. The molecular formula is C21H21BrF2N4O. The first-order valence-corrected chi connectivity index (χ1v) is 10.2. The fraction of sp³-hybridized carbons (Fsp3) is 0.381. The summed E-state index contributed by atoms with van der Waals surface area (Å²) in [5.74, 6) is 1.10. The van der Waals surface area contributed by atoms with Gasteiger partial charge < -0.3 is 9.88 Å². The van der Waals surface area contributed by atoms with Gasteiger partial charge in [-0.15, -0.1) is 0 Å². The van der Waals surface area contributed by atoms with E-state index < -0.39 is 6.43 Å². The lowest BCUT2D eigenvalue weighted by Crippen LogP contribution is -2.28. The molecule has 2 aromatic heterocycles. The molecular weight excluding hydrogens is 442 g/mol. The number of halogens is 3. The van der Waals surface area contributed by atoms with E-state index in [9.17, 15) is 13.6 Å². The summed E-state index contributed by atoms with van der Waals surface area (Å²) >= 11 is 3.42. The van der Waals surface area contributed by atoms with Gasteiger partial charge in [-0.05, 0) is 60.7 Å². The summed E-state index contributed by atoms with van der Waals surface area (Å²) in [6, 6.07) is 4.90. The molecule has 0 spiro atoms. The molecule has 8 heteroatoms. The highest BCUT2D eigenvalue weighted by atomic mass is 79.9. The van der Waals surface area contributed by atoms with Crippen LogP contribution in [0.5, 0.6) is 0 Å². The van der Waals surface area contributed by atoms with Crippen molar-refractivity contribution in [3.05, 3.63) is 61.7 Å². The molecule has 152 valence electrons. The minimum absolute atomic E-state index is 0.0336. The first-order chi connectivity index (χ1) is 13.7. The van der Waals surface area contributed by atoms with Crippen molar-refractivity contribution >= 4 is 32.7 Å². The predicted molar refractivity (Wildman–Crippen MR) is 113 cm³/mol. The predicted octanol–water partition coefficient (Wildman–Crippen LogP) is 5.23. The molecule has 0 unspecified atom stereocenters. The van der Waals surface area contributed by atoms with Crippen LogP contribution >= 0.6 is 15.9 Å². The third-order valence-electron chi connectivity index (χ3n) is 5.65. The SMILES string of the molecule is Cc1nc(NCc2cccc(C(F)F)c2C)c2cn(C3(C)CC3)c(=O)c(Br)c2n1. The van der Waals surface area contributed by atoms with Gasteiger partial charge in [0.15, 0.2) is 0 Å². The van der Waals surface area contributed by atoms with E-state index in [-0.39, 0.29) is 16.7 Å². The van der Waals surface area contributed by atoms with Gasteiger partial charge in [-0.3, -0.25) is 4.79 Å². The van der Waals surface area contributed by atoms with Crippen LogP contribution in [0, 0.1) is 13.8 Å². The van der Waals surface area contributed by atoms with E-state index in [2.05, 4.69) is 31.2 Å². The van der Waals surface area contributed by atoms with Crippen LogP contribution in [0.2, 0.25) is 0 Å². The lowest BCUT2D eigenvalue weighted by molar-refractivity contribution is 0.150. The molecule has 0 saturated heterocycles. The van der Waals surface area contributed by atoms with Gasteiger partial charge in [0, 0.05) is 23.8 Å². The normalized spacial score (nSPS) is 15.1. The Morgan fingerprint density at radius 3 is 2.66 bits per heavy atom. The molecule has 1 N–H and O–H groups in total. The molecule has 5 nitrogen and oxygen atoms in total. The van der Waals surface area contributed by atoms with E-state index in [0.717, 1.165) is 23.8 Å². The maximum absolute atomic E-state index is 13.2. The largest absolute Gasteiger partial charge is 0.365 e. The van der Waals surface area contributed by atoms with Crippen molar-refractivity contribution in [2.24, 2.45) is 0 Å². The van der Waals surface area contributed by atoms with Crippen molar-refractivity contribution in [3.63, 3.8) is 0 Å². The zero-order chi connectivity index (χ0) is 20.9. The van der Waals surface area contributed by atoms with Crippen LogP contribution in [-0.2, 0) is 12.1 Å². The number of alkyl halides is 2. The van der Waals surface area contributed by atoms with Crippen molar-refractivity contribution in [3.8, 4) is 0 Å². The third kappa shape index (κ3) is 3.54. The summed E-state index contributed by atoms with van der Waals surface area (Å²) in [4.78, 5) is 21.7. The number of nitrogens with one attached hydrogen (secondary N) is 1. The zero-order valence-electron chi connectivity index (χ0n) is 16.4. The zero-order valence-corrected chi connectivity index (χ0v) is 18.0. The van der Waals surface area contributed by atoms with Crippen molar-refractivity contribution < 1.29 is 8.78 Å². The monoisotopic (exact) mass is 462 g/mol. The van der Waals surface area contributed by atoms with E-state index in [1.165, 1.54) is 6.07 Å². The Hall–Kier alpha value is -2.35. The fourth-order valence-electron chi connectivity index (χ4n) is 3.53. The Kier molecular flexibility index (Phi) is 4.93. The second-order valence-electron chi connectivity index (χ2n) is 7.78. The van der Waals surface area contributed by atoms with Gasteiger partial charge in [-0.2, -0.15) is 0 Å². The van der Waals surface area contributed by atoms with Crippen molar-refractivity contribution in [2.75, 3.05) is 5.32 Å². The van der Waals surface area contributed by atoms with Gasteiger partial charge in [0.25, 0.3) is 12.0 Å². The van der Waals surface area contributed by atoms with Gasteiger partial charge in [-0.25, -0.2) is 18.7 Å². The summed E-state index contributed by atoms with van der Waals surface area (Å²) in [6.07, 6.45) is 1.18. The highest BCUT2D eigenvalue weighted by Crippen LogP contribution is 2.42. The lowest BCUT2D eigenvalue weighted by atomic mass is 10.0.